The summed E-state index contributed by atoms with van der Waals surface area (Å²) in [6.07, 6.45) is -1.53. The minimum atomic E-state index is -2.19. The standard InChI is InChI=1S/C19H20N4O6S/c24-17-14-6-1-2-7-15(14)23(16(22-17)18(25)26)19(27)21-10-13-5-3-4-12(8-13)9-20-11-30(28)29/h1-8,16,20H,9-11H2,(H,21,27)(H,22,24)(H,25,26)(H,28,29)/p-1. The second-order valence-corrected chi connectivity index (χ2v) is 7.35. The number of nitrogens with zero attached hydrogens (tertiary/aromatic N) is 1. The zero-order valence-corrected chi connectivity index (χ0v) is 16.5. The highest BCUT2D eigenvalue weighted by Gasteiger charge is 2.38. The van der Waals surface area contributed by atoms with Crippen LogP contribution in [0.3, 0.4) is 0 Å². The Morgan fingerprint density at radius 1 is 1.13 bits per heavy atom. The Bertz CT molecular complexity index is 998. The van der Waals surface area contributed by atoms with Gasteiger partial charge in [0.1, 0.15) is 0 Å². The van der Waals surface area contributed by atoms with Crippen LogP contribution in [0.4, 0.5) is 10.5 Å². The van der Waals surface area contributed by atoms with Crippen molar-refractivity contribution in [1.82, 2.24) is 16.0 Å². The van der Waals surface area contributed by atoms with Gasteiger partial charge in [0, 0.05) is 13.1 Å². The number of carboxylic acid groups (broad SMARTS) is 1. The molecule has 0 spiro atoms. The summed E-state index contributed by atoms with van der Waals surface area (Å²) in [6.45, 7) is 0.446. The lowest BCUT2D eigenvalue weighted by atomic mass is 10.1. The van der Waals surface area contributed by atoms with Gasteiger partial charge in [-0.3, -0.25) is 13.9 Å². The lowest BCUT2D eigenvalue weighted by molar-refractivity contribution is -0.139. The quantitative estimate of drug-likeness (QED) is 0.466. The van der Waals surface area contributed by atoms with Crippen molar-refractivity contribution >= 4 is 34.7 Å². The molecule has 0 saturated carbocycles. The van der Waals surface area contributed by atoms with Crippen LogP contribution in [0, 0.1) is 0 Å². The van der Waals surface area contributed by atoms with E-state index in [4.69, 9.17) is 0 Å². The molecule has 158 valence electrons. The molecule has 0 radical (unpaired) electrons. The van der Waals surface area contributed by atoms with Gasteiger partial charge in [-0.05, 0) is 34.3 Å². The van der Waals surface area contributed by atoms with E-state index in [0.717, 1.165) is 16.0 Å². The smallest absolute Gasteiger partial charge is 0.347 e. The maximum absolute atomic E-state index is 12.8. The van der Waals surface area contributed by atoms with E-state index in [0.29, 0.717) is 6.54 Å². The Morgan fingerprint density at radius 3 is 2.53 bits per heavy atom. The zero-order valence-electron chi connectivity index (χ0n) is 15.7. The van der Waals surface area contributed by atoms with Crippen LogP contribution >= 0.6 is 0 Å². The van der Waals surface area contributed by atoms with Crippen molar-refractivity contribution in [2.24, 2.45) is 0 Å². The number of benzene rings is 2. The molecule has 1 heterocycles. The topological polar surface area (TPSA) is 151 Å². The van der Waals surface area contributed by atoms with Crippen LogP contribution in [-0.4, -0.2) is 43.8 Å². The lowest BCUT2D eigenvalue weighted by Gasteiger charge is -2.34. The van der Waals surface area contributed by atoms with Crippen molar-refractivity contribution in [2.75, 3.05) is 10.8 Å². The molecule has 3 rings (SSSR count). The van der Waals surface area contributed by atoms with Gasteiger partial charge < -0.3 is 25.6 Å². The number of urea groups is 1. The van der Waals surface area contributed by atoms with Crippen molar-refractivity contribution < 1.29 is 28.3 Å². The molecule has 0 saturated heterocycles. The van der Waals surface area contributed by atoms with Gasteiger partial charge in [0.25, 0.3) is 5.91 Å². The van der Waals surface area contributed by atoms with Gasteiger partial charge in [0.15, 0.2) is 0 Å². The molecule has 0 aliphatic carbocycles. The van der Waals surface area contributed by atoms with Crippen molar-refractivity contribution in [1.29, 1.82) is 0 Å². The van der Waals surface area contributed by atoms with Crippen LogP contribution in [0.25, 0.3) is 0 Å². The third kappa shape index (κ3) is 5.00. The highest BCUT2D eigenvalue weighted by molar-refractivity contribution is 7.79. The fraction of sp³-hybridized carbons (Fsp3) is 0.211. The van der Waals surface area contributed by atoms with Gasteiger partial charge in [-0.15, -0.1) is 0 Å². The molecule has 0 bridgehead atoms. The lowest BCUT2D eigenvalue weighted by Crippen LogP contribution is -2.61. The summed E-state index contributed by atoms with van der Waals surface area (Å²) >= 11 is -2.19. The highest BCUT2D eigenvalue weighted by atomic mass is 32.2. The van der Waals surface area contributed by atoms with E-state index in [2.05, 4.69) is 16.0 Å². The van der Waals surface area contributed by atoms with E-state index < -0.39 is 35.2 Å². The van der Waals surface area contributed by atoms with Crippen molar-refractivity contribution in [3.05, 3.63) is 65.2 Å². The molecule has 11 heteroatoms. The number of rotatable bonds is 7. The number of hydrogen-bond acceptors (Lipinski definition) is 6. The molecule has 10 nitrogen and oxygen atoms in total. The van der Waals surface area contributed by atoms with Gasteiger partial charge >= 0.3 is 12.0 Å². The number of carbonyl (C=O) groups excluding carboxylic acids is 2. The fourth-order valence-corrected chi connectivity index (χ4v) is 3.34. The molecule has 2 aromatic rings. The summed E-state index contributed by atoms with van der Waals surface area (Å²) in [4.78, 5) is 37.5. The third-order valence-corrected chi connectivity index (χ3v) is 4.81. The molecule has 30 heavy (non-hydrogen) atoms. The number of anilines is 1. The molecule has 2 aromatic carbocycles. The number of carboxylic acids is 1. The predicted octanol–water partition coefficient (Wildman–Crippen LogP) is 0.483. The van der Waals surface area contributed by atoms with E-state index in [1.54, 1.807) is 30.3 Å². The van der Waals surface area contributed by atoms with E-state index in [1.165, 1.54) is 12.1 Å². The second kappa shape index (κ2) is 9.48. The molecule has 1 aliphatic heterocycles. The normalized spacial score (nSPS) is 16.4. The predicted molar refractivity (Wildman–Crippen MR) is 107 cm³/mol. The van der Waals surface area contributed by atoms with Gasteiger partial charge in [0.2, 0.25) is 6.17 Å². The Labute approximate surface area is 174 Å². The van der Waals surface area contributed by atoms with Crippen LogP contribution in [0.2, 0.25) is 0 Å². The summed E-state index contributed by atoms with van der Waals surface area (Å²) in [7, 11) is 0. The Morgan fingerprint density at radius 2 is 1.83 bits per heavy atom. The number of fused-ring (bicyclic) bond motifs is 1. The first-order chi connectivity index (χ1) is 14.4. The molecule has 0 fully saturated rings. The average molecular weight is 431 g/mol. The summed E-state index contributed by atoms with van der Waals surface area (Å²) in [5.74, 6) is -2.10. The number of amides is 3. The minimum absolute atomic E-state index is 0.110. The molecule has 1 aliphatic rings. The minimum Gasteiger partial charge on any atom is -0.771 e. The first kappa shape index (κ1) is 21.4. The molecule has 2 unspecified atom stereocenters. The number of carbonyl (C=O) groups is 3. The van der Waals surface area contributed by atoms with Crippen LogP contribution in [0.5, 0.6) is 0 Å². The third-order valence-electron chi connectivity index (χ3n) is 4.37. The highest BCUT2D eigenvalue weighted by Crippen LogP contribution is 2.26. The second-order valence-electron chi connectivity index (χ2n) is 6.45. The molecule has 3 amide bonds. The Kier molecular flexibility index (Phi) is 6.77. The van der Waals surface area contributed by atoms with Crippen LogP contribution in [0.15, 0.2) is 48.5 Å². The number of aliphatic carboxylic acids is 1. The summed E-state index contributed by atoms with van der Waals surface area (Å²) < 4.78 is 21.2. The molecule has 0 aromatic heterocycles. The van der Waals surface area contributed by atoms with Gasteiger partial charge in [-0.2, -0.15) is 0 Å². The number of para-hydroxylation sites is 1. The monoisotopic (exact) mass is 431 g/mol. The van der Waals surface area contributed by atoms with E-state index in [1.807, 2.05) is 6.07 Å². The maximum Gasteiger partial charge on any atom is 0.347 e. The van der Waals surface area contributed by atoms with Crippen LogP contribution < -0.4 is 20.9 Å². The van der Waals surface area contributed by atoms with Crippen LogP contribution in [0.1, 0.15) is 21.5 Å². The van der Waals surface area contributed by atoms with E-state index >= 15 is 0 Å². The molecule has 4 N–H and O–H groups in total. The number of nitrogens with one attached hydrogen (secondary N) is 3. The Balaban J connectivity index is 1.72. The summed E-state index contributed by atoms with van der Waals surface area (Å²) in [6, 6.07) is 12.7. The van der Waals surface area contributed by atoms with Gasteiger partial charge in [0.05, 0.1) is 17.1 Å². The SMILES string of the molecule is O=C1NC(C(=O)O)N(C(=O)NCc2cccc(CNCS(=O)[O-])c2)c2ccccc21. The first-order valence-corrected chi connectivity index (χ1v) is 10.2. The number of hydrogen-bond donors (Lipinski definition) is 4. The van der Waals surface area contributed by atoms with Gasteiger partial charge in [-0.25, -0.2) is 9.59 Å². The van der Waals surface area contributed by atoms with Gasteiger partial charge in [-0.1, -0.05) is 36.4 Å². The first-order valence-electron chi connectivity index (χ1n) is 8.91. The van der Waals surface area contributed by atoms with Crippen molar-refractivity contribution in [3.63, 3.8) is 0 Å². The van der Waals surface area contributed by atoms with Crippen molar-refractivity contribution in [3.8, 4) is 0 Å². The molecular formula is C19H19N4O6S-. The summed E-state index contributed by atoms with van der Waals surface area (Å²) in [5.41, 5.74) is 1.97. The average Bonchev–Trinajstić information content (AvgIpc) is 2.72. The van der Waals surface area contributed by atoms with Crippen LogP contribution in [-0.2, 0) is 29.0 Å². The molecule has 2 atom stereocenters. The van der Waals surface area contributed by atoms with E-state index in [9.17, 15) is 28.3 Å². The fourth-order valence-electron chi connectivity index (χ4n) is 3.07. The maximum atomic E-state index is 12.8. The summed E-state index contributed by atoms with van der Waals surface area (Å²) in [5, 5.41) is 17.2. The molecular weight excluding hydrogens is 412 g/mol. The van der Waals surface area contributed by atoms with Crippen molar-refractivity contribution in [2.45, 2.75) is 19.3 Å². The largest absolute Gasteiger partial charge is 0.771 e. The van der Waals surface area contributed by atoms with E-state index in [-0.39, 0.29) is 23.7 Å². The Hall–Kier alpha value is -3.28. The zero-order chi connectivity index (χ0) is 21.7.